The Morgan fingerprint density at radius 2 is 1.89 bits per heavy atom. The van der Waals surface area contributed by atoms with Gasteiger partial charge in [0, 0.05) is 18.8 Å². The normalized spacial score (nSPS) is 18.1. The average Bonchev–Trinajstić information content (AvgIpc) is 3.12. The molecule has 0 radical (unpaired) electrons. The zero-order valence-electron chi connectivity index (χ0n) is 15.9. The molecule has 6 heteroatoms. The van der Waals surface area contributed by atoms with Crippen LogP contribution in [0, 0.1) is 11.7 Å². The Hall–Kier alpha value is -2.47. The van der Waals surface area contributed by atoms with Gasteiger partial charge in [-0.1, -0.05) is 31.4 Å². The van der Waals surface area contributed by atoms with E-state index in [4.69, 9.17) is 5.73 Å². The van der Waals surface area contributed by atoms with Crippen molar-refractivity contribution in [3.8, 4) is 0 Å². The minimum atomic E-state index is -0.483. The van der Waals surface area contributed by atoms with Gasteiger partial charge in [-0.15, -0.1) is 0 Å². The van der Waals surface area contributed by atoms with E-state index < -0.39 is 6.04 Å². The summed E-state index contributed by atoms with van der Waals surface area (Å²) in [6.45, 7) is 0.900. The molecular weight excluding hydrogens is 357 g/mol. The second-order valence-corrected chi connectivity index (χ2v) is 7.94. The Balaban J connectivity index is 1.57. The van der Waals surface area contributed by atoms with Crippen LogP contribution in [0.3, 0.4) is 0 Å². The highest BCUT2D eigenvalue weighted by Gasteiger charge is 2.33. The molecule has 5 nitrogen and oxygen atoms in total. The fourth-order valence-electron chi connectivity index (χ4n) is 4.41. The van der Waals surface area contributed by atoms with Gasteiger partial charge in [-0.3, -0.25) is 9.59 Å². The maximum absolute atomic E-state index is 13.1. The van der Waals surface area contributed by atoms with Gasteiger partial charge in [-0.25, -0.2) is 4.39 Å². The molecule has 148 valence electrons. The zero-order chi connectivity index (χ0) is 19.7. The number of hydrogen-bond donors (Lipinski definition) is 1. The van der Waals surface area contributed by atoms with Gasteiger partial charge in [-0.05, 0) is 48.4 Å². The summed E-state index contributed by atoms with van der Waals surface area (Å²) in [5.41, 5.74) is 8.72. The number of aromatic nitrogens is 1. The summed E-state index contributed by atoms with van der Waals surface area (Å²) in [7, 11) is 0. The van der Waals surface area contributed by atoms with Crippen LogP contribution in [0.2, 0.25) is 0 Å². The fraction of sp³-hybridized carbons (Fsp3) is 0.455. The number of rotatable bonds is 4. The van der Waals surface area contributed by atoms with Crippen molar-refractivity contribution in [3.63, 3.8) is 0 Å². The van der Waals surface area contributed by atoms with E-state index in [-0.39, 0.29) is 23.2 Å². The lowest BCUT2D eigenvalue weighted by Crippen LogP contribution is -2.48. The summed E-state index contributed by atoms with van der Waals surface area (Å²) in [5, 5.41) is 0. The summed E-state index contributed by atoms with van der Waals surface area (Å²) in [5.74, 6) is -0.105. The average molecular weight is 383 g/mol. The Morgan fingerprint density at radius 3 is 2.61 bits per heavy atom. The summed E-state index contributed by atoms with van der Waals surface area (Å²) < 4.78 is 14.7. The highest BCUT2D eigenvalue weighted by molar-refractivity contribution is 5.98. The number of carbonyl (C=O) groups is 1. The van der Waals surface area contributed by atoms with Crippen LogP contribution in [0.1, 0.15) is 43.2 Å². The van der Waals surface area contributed by atoms with Crippen LogP contribution in [0.5, 0.6) is 0 Å². The molecule has 0 saturated heterocycles. The third kappa shape index (κ3) is 3.74. The Kier molecular flexibility index (Phi) is 5.31. The van der Waals surface area contributed by atoms with Crippen LogP contribution in [0.15, 0.2) is 41.3 Å². The van der Waals surface area contributed by atoms with Crippen molar-refractivity contribution in [2.75, 3.05) is 11.4 Å². The fourth-order valence-corrected chi connectivity index (χ4v) is 4.41. The van der Waals surface area contributed by atoms with Gasteiger partial charge in [0.2, 0.25) is 5.91 Å². The molecule has 2 aliphatic rings. The number of pyridine rings is 1. The maximum Gasteiger partial charge on any atom is 0.251 e. The highest BCUT2D eigenvalue weighted by Crippen LogP contribution is 2.31. The number of nitrogens with zero attached hydrogens (tertiary/aromatic N) is 2. The van der Waals surface area contributed by atoms with Crippen molar-refractivity contribution < 1.29 is 9.18 Å². The monoisotopic (exact) mass is 383 g/mol. The molecule has 28 heavy (non-hydrogen) atoms. The topological polar surface area (TPSA) is 68.3 Å². The van der Waals surface area contributed by atoms with Crippen LogP contribution >= 0.6 is 0 Å². The minimum Gasteiger partial charge on any atom is -0.320 e. The number of carbonyl (C=O) groups excluding carboxylic acids is 1. The van der Waals surface area contributed by atoms with Gasteiger partial charge >= 0.3 is 0 Å². The van der Waals surface area contributed by atoms with Gasteiger partial charge in [0.05, 0.1) is 18.3 Å². The molecule has 2 heterocycles. The molecular formula is C22H26FN3O2. The number of fused-ring (bicyclic) bond motifs is 1. The molecule has 0 spiro atoms. The molecule has 0 unspecified atom stereocenters. The number of benzene rings is 1. The van der Waals surface area contributed by atoms with Crippen molar-refractivity contribution in [1.29, 1.82) is 0 Å². The third-order valence-electron chi connectivity index (χ3n) is 6.06. The lowest BCUT2D eigenvalue weighted by atomic mass is 9.84. The van der Waals surface area contributed by atoms with Gasteiger partial charge in [0.15, 0.2) is 0 Å². The van der Waals surface area contributed by atoms with E-state index in [1.54, 1.807) is 33.9 Å². The molecule has 1 saturated carbocycles. The SMILES string of the molecule is N[C@H](C(=O)N1CCc2cc(=O)n(Cc3ccc(F)cc3)cc21)C1CCCCC1. The van der Waals surface area contributed by atoms with E-state index in [2.05, 4.69) is 0 Å². The highest BCUT2D eigenvalue weighted by atomic mass is 19.1. The van der Waals surface area contributed by atoms with Gasteiger partial charge < -0.3 is 15.2 Å². The van der Waals surface area contributed by atoms with Crippen molar-refractivity contribution in [2.24, 2.45) is 11.7 Å². The van der Waals surface area contributed by atoms with Crippen LogP contribution in [-0.2, 0) is 17.8 Å². The summed E-state index contributed by atoms with van der Waals surface area (Å²) in [4.78, 5) is 27.3. The quantitative estimate of drug-likeness (QED) is 0.883. The van der Waals surface area contributed by atoms with E-state index in [1.165, 1.54) is 18.6 Å². The first-order valence-corrected chi connectivity index (χ1v) is 10.1. The molecule has 1 aliphatic carbocycles. The largest absolute Gasteiger partial charge is 0.320 e. The van der Waals surface area contributed by atoms with Crippen molar-refractivity contribution in [3.05, 3.63) is 63.8 Å². The second-order valence-electron chi connectivity index (χ2n) is 7.94. The smallest absolute Gasteiger partial charge is 0.251 e. The van der Waals surface area contributed by atoms with E-state index >= 15 is 0 Å². The number of halogens is 1. The first kappa shape index (κ1) is 18.9. The predicted octanol–water partition coefficient (Wildman–Crippen LogP) is 2.83. The van der Waals surface area contributed by atoms with Gasteiger partial charge in [0.1, 0.15) is 5.82 Å². The second kappa shape index (κ2) is 7.87. The van der Waals surface area contributed by atoms with Crippen LogP contribution in [0.25, 0.3) is 0 Å². The number of nitrogens with two attached hydrogens (primary N) is 1. The predicted molar refractivity (Wildman–Crippen MR) is 107 cm³/mol. The number of amides is 1. The Labute approximate surface area is 164 Å². The lowest BCUT2D eigenvalue weighted by Gasteiger charge is -2.30. The molecule has 2 N–H and O–H groups in total. The maximum atomic E-state index is 13.1. The summed E-state index contributed by atoms with van der Waals surface area (Å²) in [6, 6.07) is 7.22. The molecule has 1 aromatic heterocycles. The van der Waals surface area contributed by atoms with Crippen LogP contribution in [-0.4, -0.2) is 23.1 Å². The standard InChI is InChI=1S/C22H26FN3O2/c23-18-8-6-15(7-9-18)13-25-14-19-17(12-20(25)27)10-11-26(19)22(28)21(24)16-4-2-1-3-5-16/h6-9,12,14,16,21H,1-5,10-11,13,24H2/t21-/m0/s1. The van der Waals surface area contributed by atoms with Crippen molar-refractivity contribution in [1.82, 2.24) is 4.57 Å². The molecule has 1 atom stereocenters. The van der Waals surface area contributed by atoms with E-state index in [0.717, 1.165) is 42.5 Å². The third-order valence-corrected chi connectivity index (χ3v) is 6.06. The van der Waals surface area contributed by atoms with E-state index in [9.17, 15) is 14.0 Å². The molecule has 1 amide bonds. The van der Waals surface area contributed by atoms with Crippen molar-refractivity contribution in [2.45, 2.75) is 51.1 Å². The van der Waals surface area contributed by atoms with E-state index in [1.807, 2.05) is 0 Å². The van der Waals surface area contributed by atoms with Gasteiger partial charge in [-0.2, -0.15) is 0 Å². The molecule has 1 aromatic carbocycles. The first-order chi connectivity index (χ1) is 13.5. The minimum absolute atomic E-state index is 0.0439. The molecule has 0 bridgehead atoms. The Bertz CT molecular complexity index is 916. The van der Waals surface area contributed by atoms with Crippen molar-refractivity contribution >= 4 is 11.6 Å². The first-order valence-electron chi connectivity index (χ1n) is 10.1. The Morgan fingerprint density at radius 1 is 1.18 bits per heavy atom. The molecule has 2 aromatic rings. The van der Waals surface area contributed by atoms with Crippen LogP contribution < -0.4 is 16.2 Å². The molecule has 1 fully saturated rings. The molecule has 4 rings (SSSR count). The van der Waals surface area contributed by atoms with Gasteiger partial charge in [0.25, 0.3) is 5.56 Å². The summed E-state index contributed by atoms with van der Waals surface area (Å²) >= 11 is 0. The van der Waals surface area contributed by atoms with E-state index in [0.29, 0.717) is 19.5 Å². The van der Waals surface area contributed by atoms with Crippen LogP contribution in [0.4, 0.5) is 10.1 Å². The zero-order valence-corrected chi connectivity index (χ0v) is 15.9. The number of anilines is 1. The summed E-state index contributed by atoms with van der Waals surface area (Å²) in [6.07, 6.45) is 7.94. The number of hydrogen-bond acceptors (Lipinski definition) is 3. The lowest BCUT2D eigenvalue weighted by molar-refractivity contribution is -0.121. The molecule has 1 aliphatic heterocycles.